The Balaban J connectivity index is 1.84. The highest BCUT2D eigenvalue weighted by atomic mass is 16.5. The number of carbonyl (C=O) groups excluding carboxylic acids is 1. The van der Waals surface area contributed by atoms with Crippen molar-refractivity contribution in [2.75, 3.05) is 18.6 Å². The van der Waals surface area contributed by atoms with Crippen molar-refractivity contribution >= 4 is 17.7 Å². The molecule has 0 saturated carbocycles. The number of rotatable bonds is 2. The zero-order chi connectivity index (χ0) is 13.9. The van der Waals surface area contributed by atoms with E-state index in [0.717, 1.165) is 23.2 Å². The van der Waals surface area contributed by atoms with Crippen molar-refractivity contribution in [3.8, 4) is 0 Å². The monoisotopic (exact) mass is 267 g/mol. The molecule has 3 rings (SSSR count). The van der Waals surface area contributed by atoms with Crippen molar-refractivity contribution in [1.82, 2.24) is 0 Å². The van der Waals surface area contributed by atoms with E-state index in [1.807, 2.05) is 53.5 Å². The largest absolute Gasteiger partial charge is 0.377 e. The number of amides is 1. The highest BCUT2D eigenvalue weighted by molar-refractivity contribution is 6.09. The van der Waals surface area contributed by atoms with Crippen molar-refractivity contribution in [2.24, 2.45) is 0 Å². The number of hydrogen-bond acceptors (Lipinski definition) is 2. The minimum Gasteiger partial charge on any atom is -0.377 e. The van der Waals surface area contributed by atoms with Crippen LogP contribution in [0.2, 0.25) is 0 Å². The molecular weight excluding hydrogens is 250 g/mol. The van der Waals surface area contributed by atoms with Crippen molar-refractivity contribution in [3.05, 3.63) is 59.7 Å². The molecule has 1 aromatic rings. The Morgan fingerprint density at radius 1 is 1.30 bits per heavy atom. The van der Waals surface area contributed by atoms with E-state index in [1.54, 1.807) is 7.11 Å². The lowest BCUT2D eigenvalue weighted by atomic mass is 10.0. The SMILES string of the molecule is COC1C=CC(C(=O)N2CC=Cc3ccccc32)=CC1. The molecule has 102 valence electrons. The molecule has 0 aromatic heterocycles. The second kappa shape index (κ2) is 5.47. The van der Waals surface area contributed by atoms with E-state index in [1.165, 1.54) is 0 Å². The maximum absolute atomic E-state index is 12.6. The number of ether oxygens (including phenoxy) is 1. The maximum atomic E-state index is 12.6. The summed E-state index contributed by atoms with van der Waals surface area (Å²) in [5.41, 5.74) is 2.80. The first-order valence-corrected chi connectivity index (χ1v) is 6.78. The standard InChI is InChI=1S/C17H17NO2/c1-20-15-10-8-14(9-11-15)17(19)18-12-4-6-13-5-2-3-7-16(13)18/h2-10,15H,11-12H2,1H3. The summed E-state index contributed by atoms with van der Waals surface area (Å²) < 4.78 is 5.25. The van der Waals surface area contributed by atoms with Gasteiger partial charge in [0.2, 0.25) is 0 Å². The molecule has 0 bridgehead atoms. The van der Waals surface area contributed by atoms with Crippen LogP contribution in [0, 0.1) is 0 Å². The van der Waals surface area contributed by atoms with E-state index in [9.17, 15) is 4.79 Å². The van der Waals surface area contributed by atoms with Gasteiger partial charge in [0.1, 0.15) is 0 Å². The van der Waals surface area contributed by atoms with Crippen molar-refractivity contribution in [1.29, 1.82) is 0 Å². The molecule has 0 radical (unpaired) electrons. The summed E-state index contributed by atoms with van der Waals surface area (Å²) in [6.07, 6.45) is 10.7. The third-order valence-electron chi connectivity index (χ3n) is 3.67. The molecular formula is C17H17NO2. The summed E-state index contributed by atoms with van der Waals surface area (Å²) in [7, 11) is 1.68. The summed E-state index contributed by atoms with van der Waals surface area (Å²) in [6, 6.07) is 7.96. The van der Waals surface area contributed by atoms with E-state index in [0.29, 0.717) is 6.54 Å². The number of hydrogen-bond donors (Lipinski definition) is 0. The Kier molecular flexibility index (Phi) is 3.52. The fourth-order valence-corrected chi connectivity index (χ4v) is 2.54. The molecule has 1 heterocycles. The zero-order valence-corrected chi connectivity index (χ0v) is 11.5. The summed E-state index contributed by atoms with van der Waals surface area (Å²) >= 11 is 0. The molecule has 0 fully saturated rings. The molecule has 1 aliphatic carbocycles. The van der Waals surface area contributed by atoms with Crippen molar-refractivity contribution in [2.45, 2.75) is 12.5 Å². The molecule has 0 spiro atoms. The van der Waals surface area contributed by atoms with Gasteiger partial charge in [0, 0.05) is 19.2 Å². The van der Waals surface area contributed by atoms with Crippen LogP contribution >= 0.6 is 0 Å². The van der Waals surface area contributed by atoms with E-state index < -0.39 is 0 Å². The second-order valence-electron chi connectivity index (χ2n) is 4.91. The quantitative estimate of drug-likeness (QED) is 0.824. The Labute approximate surface area is 118 Å². The fourth-order valence-electron chi connectivity index (χ4n) is 2.54. The number of methoxy groups -OCH3 is 1. The first-order valence-electron chi connectivity index (χ1n) is 6.78. The summed E-state index contributed by atoms with van der Waals surface area (Å²) in [6.45, 7) is 0.620. The predicted octanol–water partition coefficient (Wildman–Crippen LogP) is 2.95. The molecule has 1 unspecified atom stereocenters. The van der Waals surface area contributed by atoms with Gasteiger partial charge in [-0.2, -0.15) is 0 Å². The lowest BCUT2D eigenvalue weighted by molar-refractivity contribution is -0.114. The van der Waals surface area contributed by atoms with Crippen LogP contribution < -0.4 is 4.90 Å². The lowest BCUT2D eigenvalue weighted by Gasteiger charge is -2.27. The first kappa shape index (κ1) is 12.9. The van der Waals surface area contributed by atoms with Gasteiger partial charge in [0.25, 0.3) is 5.91 Å². The topological polar surface area (TPSA) is 29.5 Å². The van der Waals surface area contributed by atoms with E-state index in [2.05, 4.69) is 6.08 Å². The minimum atomic E-state index is 0.0487. The van der Waals surface area contributed by atoms with Crippen LogP contribution in [-0.2, 0) is 9.53 Å². The second-order valence-corrected chi connectivity index (χ2v) is 4.91. The van der Waals surface area contributed by atoms with Crippen LogP contribution in [0.15, 0.2) is 54.1 Å². The van der Waals surface area contributed by atoms with Crippen molar-refractivity contribution < 1.29 is 9.53 Å². The molecule has 0 N–H and O–H groups in total. The van der Waals surface area contributed by atoms with Crippen LogP contribution in [0.5, 0.6) is 0 Å². The number of benzene rings is 1. The van der Waals surface area contributed by atoms with Gasteiger partial charge < -0.3 is 9.64 Å². The molecule has 2 aliphatic rings. The molecule has 3 heteroatoms. The predicted molar refractivity (Wildman–Crippen MR) is 80.5 cm³/mol. The summed E-state index contributed by atoms with van der Waals surface area (Å²) in [5.74, 6) is 0.0487. The van der Waals surface area contributed by atoms with Gasteiger partial charge in [-0.05, 0) is 18.1 Å². The van der Waals surface area contributed by atoms with Crippen LogP contribution in [0.1, 0.15) is 12.0 Å². The van der Waals surface area contributed by atoms with Gasteiger partial charge in [-0.15, -0.1) is 0 Å². The Hall–Kier alpha value is -2.13. The maximum Gasteiger partial charge on any atom is 0.258 e. The van der Waals surface area contributed by atoms with Crippen LogP contribution in [0.25, 0.3) is 6.08 Å². The van der Waals surface area contributed by atoms with E-state index in [4.69, 9.17) is 4.74 Å². The van der Waals surface area contributed by atoms with E-state index in [-0.39, 0.29) is 12.0 Å². The van der Waals surface area contributed by atoms with Gasteiger partial charge in [-0.3, -0.25) is 4.79 Å². The number of carbonyl (C=O) groups is 1. The van der Waals surface area contributed by atoms with Crippen LogP contribution in [0.3, 0.4) is 0 Å². The molecule has 20 heavy (non-hydrogen) atoms. The van der Waals surface area contributed by atoms with E-state index >= 15 is 0 Å². The number of anilines is 1. The van der Waals surface area contributed by atoms with Crippen molar-refractivity contribution in [3.63, 3.8) is 0 Å². The van der Waals surface area contributed by atoms with Gasteiger partial charge >= 0.3 is 0 Å². The smallest absolute Gasteiger partial charge is 0.258 e. The minimum absolute atomic E-state index is 0.0487. The van der Waals surface area contributed by atoms with Gasteiger partial charge in [0.15, 0.2) is 0 Å². The lowest BCUT2D eigenvalue weighted by Crippen LogP contribution is -2.34. The summed E-state index contributed by atoms with van der Waals surface area (Å²) in [5, 5.41) is 0. The van der Waals surface area contributed by atoms with Gasteiger partial charge in [0.05, 0.1) is 11.8 Å². The Morgan fingerprint density at radius 3 is 2.90 bits per heavy atom. The van der Waals surface area contributed by atoms with Gasteiger partial charge in [-0.25, -0.2) is 0 Å². The normalized spacial score (nSPS) is 20.6. The Morgan fingerprint density at radius 2 is 2.15 bits per heavy atom. The van der Waals surface area contributed by atoms with Crippen LogP contribution in [-0.4, -0.2) is 25.7 Å². The third kappa shape index (κ3) is 2.32. The highest BCUT2D eigenvalue weighted by Crippen LogP contribution is 2.27. The molecule has 0 saturated heterocycles. The molecule has 1 aliphatic heterocycles. The molecule has 1 aromatic carbocycles. The number of para-hydroxylation sites is 1. The number of fused-ring (bicyclic) bond motifs is 1. The average Bonchev–Trinajstić information content (AvgIpc) is 2.54. The number of nitrogens with zero attached hydrogens (tertiary/aromatic N) is 1. The fraction of sp³-hybridized carbons (Fsp3) is 0.235. The average molecular weight is 267 g/mol. The molecule has 1 atom stereocenters. The third-order valence-corrected chi connectivity index (χ3v) is 3.67. The summed E-state index contributed by atoms with van der Waals surface area (Å²) in [4.78, 5) is 14.5. The zero-order valence-electron chi connectivity index (χ0n) is 11.5. The highest BCUT2D eigenvalue weighted by Gasteiger charge is 2.22. The molecule has 1 amide bonds. The van der Waals surface area contributed by atoms with Crippen LogP contribution in [0.4, 0.5) is 5.69 Å². The molecule has 3 nitrogen and oxygen atoms in total. The van der Waals surface area contributed by atoms with Gasteiger partial charge in [-0.1, -0.05) is 48.6 Å². The first-order chi connectivity index (χ1) is 9.79. The Bertz CT molecular complexity index is 613.